The highest BCUT2D eigenvalue weighted by molar-refractivity contribution is 5.83. The van der Waals surface area contributed by atoms with Gasteiger partial charge in [0, 0.05) is 5.56 Å². The minimum atomic E-state index is -0.254. The number of fused-ring (bicyclic) bond motifs is 1. The molecule has 0 aliphatic heterocycles. The Bertz CT molecular complexity index is 1540. The Hall–Kier alpha value is -4.39. The summed E-state index contributed by atoms with van der Waals surface area (Å²) in [5, 5.41) is 5.09. The van der Waals surface area contributed by atoms with Crippen molar-refractivity contribution >= 4 is 17.1 Å². The van der Waals surface area contributed by atoms with Crippen LogP contribution in [0.4, 0.5) is 0 Å². The minimum Gasteiger partial charge on any atom is -0.496 e. The van der Waals surface area contributed by atoms with Crippen molar-refractivity contribution in [3.05, 3.63) is 94.3 Å². The summed E-state index contributed by atoms with van der Waals surface area (Å²) in [7, 11) is 3.24. The van der Waals surface area contributed by atoms with Gasteiger partial charge >= 0.3 is 0 Å². The smallest absolute Gasteiger partial charge is 0.282 e. The van der Waals surface area contributed by atoms with Crippen molar-refractivity contribution in [2.24, 2.45) is 5.10 Å². The molecule has 0 saturated heterocycles. The van der Waals surface area contributed by atoms with E-state index in [9.17, 15) is 4.79 Å². The molecule has 0 aliphatic carbocycles. The topological polar surface area (TPSA) is 74.9 Å². The quantitative estimate of drug-likeness (QED) is 0.211. The molecule has 0 bridgehead atoms. The van der Waals surface area contributed by atoms with Gasteiger partial charge in [-0.15, -0.1) is 0 Å². The van der Waals surface area contributed by atoms with E-state index >= 15 is 0 Å². The Kier molecular flexibility index (Phi) is 7.72. The number of benzene rings is 3. The Morgan fingerprint density at radius 1 is 1.03 bits per heavy atom. The van der Waals surface area contributed by atoms with E-state index in [1.165, 1.54) is 4.68 Å². The summed E-state index contributed by atoms with van der Waals surface area (Å²) in [4.78, 5) is 18.5. The highest BCUT2D eigenvalue weighted by Gasteiger charge is 2.18. The number of aromatic nitrogens is 2. The largest absolute Gasteiger partial charge is 0.496 e. The molecule has 1 heterocycles. The van der Waals surface area contributed by atoms with Gasteiger partial charge in [-0.05, 0) is 72.0 Å². The summed E-state index contributed by atoms with van der Waals surface area (Å²) >= 11 is 0. The fourth-order valence-electron chi connectivity index (χ4n) is 4.13. The lowest BCUT2D eigenvalue weighted by atomic mass is 9.96. The fourth-order valence-corrected chi connectivity index (χ4v) is 4.13. The van der Waals surface area contributed by atoms with Gasteiger partial charge in [0.25, 0.3) is 5.56 Å². The van der Waals surface area contributed by atoms with Crippen molar-refractivity contribution in [2.75, 3.05) is 20.8 Å². The number of methoxy groups -OCH3 is 2. The van der Waals surface area contributed by atoms with E-state index in [-0.39, 0.29) is 11.5 Å². The minimum absolute atomic E-state index is 0.215. The Labute approximate surface area is 216 Å². The summed E-state index contributed by atoms with van der Waals surface area (Å²) in [5.41, 5.74) is 3.87. The number of ether oxygens (including phenoxy) is 3. The van der Waals surface area contributed by atoms with Crippen LogP contribution in [-0.4, -0.2) is 36.7 Å². The van der Waals surface area contributed by atoms with Crippen LogP contribution in [0.5, 0.6) is 17.2 Å². The lowest BCUT2D eigenvalue weighted by molar-refractivity contribution is 0.326. The summed E-state index contributed by atoms with van der Waals surface area (Å²) in [5.74, 6) is 2.63. The molecule has 0 spiro atoms. The number of rotatable bonds is 9. The Morgan fingerprint density at radius 3 is 2.49 bits per heavy atom. The number of aryl methyl sites for hydroxylation is 1. The maximum absolute atomic E-state index is 13.6. The average molecular weight is 498 g/mol. The van der Waals surface area contributed by atoms with Crippen LogP contribution in [0.2, 0.25) is 0 Å². The summed E-state index contributed by atoms with van der Waals surface area (Å²) in [6.45, 7) is 10.2. The molecular formula is C30H31N3O4. The Balaban J connectivity index is 1.90. The number of para-hydroxylation sites is 1. The maximum atomic E-state index is 13.6. The first-order valence-corrected chi connectivity index (χ1v) is 12.0. The molecule has 4 rings (SSSR count). The first kappa shape index (κ1) is 25.7. The van der Waals surface area contributed by atoms with E-state index in [1.54, 1.807) is 44.7 Å². The molecule has 0 fully saturated rings. The predicted octanol–water partition coefficient (Wildman–Crippen LogP) is 5.96. The number of hydrogen-bond acceptors (Lipinski definition) is 6. The van der Waals surface area contributed by atoms with Crippen LogP contribution in [0.25, 0.3) is 22.3 Å². The van der Waals surface area contributed by atoms with Crippen molar-refractivity contribution < 1.29 is 14.2 Å². The SMILES string of the molecule is C=CCOc1ccc(C=Nn2c(-c3cc(C(C)C)c(OC)cc3C)nc3ccccc3c2=O)cc1OC. The lowest BCUT2D eigenvalue weighted by Crippen LogP contribution is -2.20. The van der Waals surface area contributed by atoms with Crippen molar-refractivity contribution in [1.29, 1.82) is 0 Å². The molecule has 0 amide bonds. The zero-order valence-electron chi connectivity index (χ0n) is 21.8. The van der Waals surface area contributed by atoms with E-state index < -0.39 is 0 Å². The van der Waals surface area contributed by atoms with Gasteiger partial charge in [0.05, 0.1) is 31.3 Å². The van der Waals surface area contributed by atoms with E-state index in [0.29, 0.717) is 34.8 Å². The molecule has 7 heteroatoms. The zero-order valence-corrected chi connectivity index (χ0v) is 21.8. The first-order valence-electron chi connectivity index (χ1n) is 12.0. The standard InChI is InChI=1S/C30H31N3O4/c1-7-14-37-26-13-12-21(16-28(26)36-6)18-31-33-29(32-25-11-9-8-10-22(25)30(33)34)24-17-23(19(2)3)27(35-5)15-20(24)4/h7-13,15-19H,1,14H2,2-6H3. The van der Waals surface area contributed by atoms with Gasteiger partial charge in [0.15, 0.2) is 17.3 Å². The predicted molar refractivity (Wildman–Crippen MR) is 148 cm³/mol. The Morgan fingerprint density at radius 2 is 1.78 bits per heavy atom. The van der Waals surface area contributed by atoms with Crippen molar-refractivity contribution in [3.63, 3.8) is 0 Å². The molecule has 37 heavy (non-hydrogen) atoms. The van der Waals surface area contributed by atoms with Crippen LogP contribution in [0.15, 0.2) is 77.1 Å². The second-order valence-corrected chi connectivity index (χ2v) is 8.89. The summed E-state index contributed by atoms with van der Waals surface area (Å²) in [6.07, 6.45) is 3.28. The molecule has 0 unspecified atom stereocenters. The van der Waals surface area contributed by atoms with Crippen molar-refractivity contribution in [1.82, 2.24) is 9.66 Å². The molecule has 190 valence electrons. The van der Waals surface area contributed by atoms with Crippen LogP contribution in [-0.2, 0) is 0 Å². The molecule has 0 atom stereocenters. The van der Waals surface area contributed by atoms with E-state index in [1.807, 2.05) is 43.3 Å². The van der Waals surface area contributed by atoms with Crippen LogP contribution in [0, 0.1) is 6.92 Å². The van der Waals surface area contributed by atoms with Crippen LogP contribution in [0.3, 0.4) is 0 Å². The molecule has 1 aromatic heterocycles. The zero-order chi connectivity index (χ0) is 26.5. The number of hydrogen-bond donors (Lipinski definition) is 0. The first-order chi connectivity index (χ1) is 17.9. The van der Waals surface area contributed by atoms with Crippen LogP contribution in [0.1, 0.15) is 36.5 Å². The van der Waals surface area contributed by atoms with Gasteiger partial charge in [-0.3, -0.25) is 4.79 Å². The highest BCUT2D eigenvalue weighted by atomic mass is 16.5. The maximum Gasteiger partial charge on any atom is 0.282 e. The van der Waals surface area contributed by atoms with Gasteiger partial charge in [-0.2, -0.15) is 9.78 Å². The summed E-state index contributed by atoms with van der Waals surface area (Å²) in [6, 6.07) is 16.8. The lowest BCUT2D eigenvalue weighted by Gasteiger charge is -2.17. The number of nitrogens with zero attached hydrogens (tertiary/aromatic N) is 3. The van der Waals surface area contributed by atoms with E-state index in [2.05, 4.69) is 25.5 Å². The fraction of sp³-hybridized carbons (Fsp3) is 0.233. The molecule has 3 aromatic carbocycles. The molecule has 0 saturated carbocycles. The second kappa shape index (κ2) is 11.1. The third-order valence-electron chi connectivity index (χ3n) is 6.06. The average Bonchev–Trinajstić information content (AvgIpc) is 2.91. The van der Waals surface area contributed by atoms with Gasteiger partial charge in [-0.1, -0.05) is 38.6 Å². The van der Waals surface area contributed by atoms with Crippen LogP contribution < -0.4 is 19.8 Å². The van der Waals surface area contributed by atoms with Crippen molar-refractivity contribution in [3.8, 4) is 28.6 Å². The molecule has 0 N–H and O–H groups in total. The molecular weight excluding hydrogens is 466 g/mol. The van der Waals surface area contributed by atoms with E-state index in [4.69, 9.17) is 19.2 Å². The molecule has 0 aliphatic rings. The third kappa shape index (κ3) is 5.26. The van der Waals surface area contributed by atoms with Gasteiger partial charge < -0.3 is 14.2 Å². The molecule has 7 nitrogen and oxygen atoms in total. The normalized spacial score (nSPS) is 11.3. The van der Waals surface area contributed by atoms with Crippen LogP contribution >= 0.6 is 0 Å². The summed E-state index contributed by atoms with van der Waals surface area (Å²) < 4.78 is 18.1. The second-order valence-electron chi connectivity index (χ2n) is 8.89. The monoisotopic (exact) mass is 497 g/mol. The highest BCUT2D eigenvalue weighted by Crippen LogP contribution is 2.34. The van der Waals surface area contributed by atoms with Gasteiger partial charge in [-0.25, -0.2) is 4.98 Å². The molecule has 0 radical (unpaired) electrons. The van der Waals surface area contributed by atoms with Gasteiger partial charge in [0.1, 0.15) is 12.4 Å². The van der Waals surface area contributed by atoms with E-state index in [0.717, 1.165) is 28.0 Å². The van der Waals surface area contributed by atoms with Crippen molar-refractivity contribution in [2.45, 2.75) is 26.7 Å². The molecule has 4 aromatic rings. The third-order valence-corrected chi connectivity index (χ3v) is 6.06. The van der Waals surface area contributed by atoms with Gasteiger partial charge in [0.2, 0.25) is 0 Å².